The molecule has 2 atom stereocenters. The van der Waals surface area contributed by atoms with Crippen LogP contribution in [0.2, 0.25) is 0 Å². The van der Waals surface area contributed by atoms with Crippen molar-refractivity contribution in [1.82, 2.24) is 4.90 Å². The molecule has 0 aromatic carbocycles. The fourth-order valence-electron chi connectivity index (χ4n) is 3.35. The number of piperidine rings is 1. The van der Waals surface area contributed by atoms with E-state index in [2.05, 4.69) is 0 Å². The van der Waals surface area contributed by atoms with Crippen LogP contribution >= 0.6 is 0 Å². The topological polar surface area (TPSA) is 76.1 Å². The first-order valence-corrected chi connectivity index (χ1v) is 7.61. The van der Waals surface area contributed by atoms with Gasteiger partial charge in [0.1, 0.15) is 5.60 Å². The Labute approximate surface area is 125 Å². The quantitative estimate of drug-likeness (QED) is 0.804. The predicted octanol–water partition coefficient (Wildman–Crippen LogP) is 2.41. The summed E-state index contributed by atoms with van der Waals surface area (Å²) < 4.78 is 11.0. The van der Waals surface area contributed by atoms with Gasteiger partial charge in [-0.1, -0.05) is 0 Å². The van der Waals surface area contributed by atoms with E-state index in [1.54, 1.807) is 4.90 Å². The fourth-order valence-corrected chi connectivity index (χ4v) is 3.35. The number of ether oxygens (including phenoxy) is 2. The molecule has 0 bridgehead atoms. The number of nitrogens with zero attached hydrogens (tertiary/aromatic N) is 1. The molecule has 2 fully saturated rings. The van der Waals surface area contributed by atoms with Gasteiger partial charge in [0.05, 0.1) is 5.54 Å². The molecule has 2 saturated heterocycles. The summed E-state index contributed by atoms with van der Waals surface area (Å²) in [6.45, 7) is 6.40. The number of carbonyl (C=O) groups is 2. The molecule has 2 unspecified atom stereocenters. The zero-order valence-corrected chi connectivity index (χ0v) is 13.1. The zero-order chi connectivity index (χ0) is 15.7. The predicted molar refractivity (Wildman–Crippen MR) is 76.1 cm³/mol. The van der Waals surface area contributed by atoms with Crippen LogP contribution in [0.15, 0.2) is 0 Å². The SMILES string of the molecule is CC(C)(C)OC(=O)N1CCCCC12CCCOC2C(=O)O. The van der Waals surface area contributed by atoms with Crippen LogP contribution in [0.1, 0.15) is 52.9 Å². The molecule has 0 saturated carbocycles. The van der Waals surface area contributed by atoms with Gasteiger partial charge in [0, 0.05) is 13.2 Å². The molecule has 2 aliphatic heterocycles. The standard InChI is InChI=1S/C15H25NO5/c1-14(2,3)21-13(19)16-9-5-4-7-15(16)8-6-10-20-11(15)12(17)18/h11H,4-10H2,1-3H3,(H,17,18). The molecule has 6 heteroatoms. The molecule has 1 N–H and O–H groups in total. The van der Waals surface area contributed by atoms with E-state index in [1.165, 1.54) is 0 Å². The van der Waals surface area contributed by atoms with Crippen molar-refractivity contribution in [3.05, 3.63) is 0 Å². The first-order valence-electron chi connectivity index (χ1n) is 7.61. The van der Waals surface area contributed by atoms with Gasteiger partial charge in [-0.15, -0.1) is 0 Å². The molecule has 21 heavy (non-hydrogen) atoms. The molecule has 120 valence electrons. The minimum Gasteiger partial charge on any atom is -0.479 e. The Morgan fingerprint density at radius 2 is 1.90 bits per heavy atom. The van der Waals surface area contributed by atoms with Gasteiger partial charge in [-0.2, -0.15) is 0 Å². The van der Waals surface area contributed by atoms with Gasteiger partial charge in [-0.25, -0.2) is 9.59 Å². The molecular formula is C15H25NO5. The van der Waals surface area contributed by atoms with E-state index in [0.29, 0.717) is 26.0 Å². The second kappa shape index (κ2) is 5.83. The summed E-state index contributed by atoms with van der Waals surface area (Å²) in [6, 6.07) is 0. The average Bonchev–Trinajstić information content (AvgIpc) is 2.37. The van der Waals surface area contributed by atoms with Gasteiger partial charge >= 0.3 is 12.1 Å². The number of hydrogen-bond donors (Lipinski definition) is 1. The molecule has 0 aromatic rings. The van der Waals surface area contributed by atoms with Crippen LogP contribution in [0.25, 0.3) is 0 Å². The molecule has 1 amide bonds. The number of hydrogen-bond acceptors (Lipinski definition) is 4. The summed E-state index contributed by atoms with van der Waals surface area (Å²) in [4.78, 5) is 25.7. The molecule has 2 rings (SSSR count). The van der Waals surface area contributed by atoms with E-state index in [0.717, 1.165) is 19.3 Å². The zero-order valence-electron chi connectivity index (χ0n) is 13.1. The number of likely N-dealkylation sites (tertiary alicyclic amines) is 1. The van der Waals surface area contributed by atoms with E-state index in [4.69, 9.17) is 9.47 Å². The molecule has 2 aliphatic rings. The lowest BCUT2D eigenvalue weighted by molar-refractivity contribution is -0.174. The number of carboxylic acids is 1. The summed E-state index contributed by atoms with van der Waals surface area (Å²) in [5, 5.41) is 9.48. The normalized spacial score (nSPS) is 30.2. The minimum atomic E-state index is -0.995. The lowest BCUT2D eigenvalue weighted by Crippen LogP contribution is -2.65. The third-order valence-electron chi connectivity index (χ3n) is 4.14. The van der Waals surface area contributed by atoms with Crippen LogP contribution in [0.4, 0.5) is 4.79 Å². The first-order chi connectivity index (χ1) is 9.76. The summed E-state index contributed by atoms with van der Waals surface area (Å²) in [5.74, 6) is -0.995. The maximum atomic E-state index is 12.5. The van der Waals surface area contributed by atoms with Crippen LogP contribution < -0.4 is 0 Å². The van der Waals surface area contributed by atoms with E-state index >= 15 is 0 Å². The number of amides is 1. The van der Waals surface area contributed by atoms with Crippen molar-refractivity contribution in [3.8, 4) is 0 Å². The third kappa shape index (κ3) is 3.31. The van der Waals surface area contributed by atoms with Crippen molar-refractivity contribution in [1.29, 1.82) is 0 Å². The van der Waals surface area contributed by atoms with Crippen molar-refractivity contribution < 1.29 is 24.2 Å². The molecular weight excluding hydrogens is 274 g/mol. The Kier molecular flexibility index (Phi) is 4.46. The smallest absolute Gasteiger partial charge is 0.410 e. The van der Waals surface area contributed by atoms with Gasteiger partial charge in [-0.05, 0) is 52.9 Å². The number of carbonyl (C=O) groups excluding carboxylic acids is 1. The maximum absolute atomic E-state index is 12.5. The van der Waals surface area contributed by atoms with Gasteiger partial charge in [-0.3, -0.25) is 4.90 Å². The minimum absolute atomic E-state index is 0.431. The Morgan fingerprint density at radius 3 is 2.52 bits per heavy atom. The third-order valence-corrected chi connectivity index (χ3v) is 4.14. The van der Waals surface area contributed by atoms with Gasteiger partial charge < -0.3 is 14.6 Å². The van der Waals surface area contributed by atoms with Crippen molar-refractivity contribution in [2.24, 2.45) is 0 Å². The molecule has 0 aliphatic carbocycles. The summed E-state index contributed by atoms with van der Waals surface area (Å²) in [7, 11) is 0. The lowest BCUT2D eigenvalue weighted by Gasteiger charge is -2.51. The van der Waals surface area contributed by atoms with Crippen LogP contribution in [-0.2, 0) is 14.3 Å². The molecule has 1 spiro atoms. The summed E-state index contributed by atoms with van der Waals surface area (Å²) in [6.07, 6.45) is 2.47. The second-order valence-corrected chi connectivity index (χ2v) is 6.89. The average molecular weight is 299 g/mol. The number of rotatable bonds is 1. The van der Waals surface area contributed by atoms with Crippen LogP contribution in [0.5, 0.6) is 0 Å². The fraction of sp³-hybridized carbons (Fsp3) is 0.867. The Morgan fingerprint density at radius 1 is 1.24 bits per heavy atom. The summed E-state index contributed by atoms with van der Waals surface area (Å²) in [5.41, 5.74) is -1.35. The molecule has 0 aromatic heterocycles. The molecule has 2 heterocycles. The number of aliphatic carboxylic acids is 1. The van der Waals surface area contributed by atoms with Crippen molar-refractivity contribution in [2.75, 3.05) is 13.2 Å². The van der Waals surface area contributed by atoms with Gasteiger partial charge in [0.15, 0.2) is 6.10 Å². The Bertz CT molecular complexity index is 411. The molecule has 6 nitrogen and oxygen atoms in total. The van der Waals surface area contributed by atoms with Gasteiger partial charge in [0.25, 0.3) is 0 Å². The van der Waals surface area contributed by atoms with Crippen LogP contribution in [0.3, 0.4) is 0 Å². The second-order valence-electron chi connectivity index (χ2n) is 6.89. The highest BCUT2D eigenvalue weighted by atomic mass is 16.6. The van der Waals surface area contributed by atoms with Crippen molar-refractivity contribution in [2.45, 2.75) is 70.1 Å². The van der Waals surface area contributed by atoms with E-state index in [1.807, 2.05) is 20.8 Å². The monoisotopic (exact) mass is 299 g/mol. The highest BCUT2D eigenvalue weighted by Crippen LogP contribution is 2.40. The first kappa shape index (κ1) is 16.1. The maximum Gasteiger partial charge on any atom is 0.410 e. The Hall–Kier alpha value is -1.30. The number of carboxylic acid groups (broad SMARTS) is 1. The molecule has 0 radical (unpaired) electrons. The van der Waals surface area contributed by atoms with Gasteiger partial charge in [0.2, 0.25) is 0 Å². The summed E-state index contributed by atoms with van der Waals surface area (Å²) >= 11 is 0. The lowest BCUT2D eigenvalue weighted by atomic mass is 9.77. The van der Waals surface area contributed by atoms with E-state index in [-0.39, 0.29) is 0 Å². The van der Waals surface area contributed by atoms with Crippen LogP contribution in [0, 0.1) is 0 Å². The van der Waals surface area contributed by atoms with E-state index in [9.17, 15) is 14.7 Å². The highest BCUT2D eigenvalue weighted by Gasteiger charge is 2.53. The highest BCUT2D eigenvalue weighted by molar-refractivity contribution is 5.77. The van der Waals surface area contributed by atoms with Crippen molar-refractivity contribution in [3.63, 3.8) is 0 Å². The van der Waals surface area contributed by atoms with Crippen molar-refractivity contribution >= 4 is 12.1 Å². The van der Waals surface area contributed by atoms with Crippen LogP contribution in [-0.4, -0.2) is 52.5 Å². The van der Waals surface area contributed by atoms with E-state index < -0.39 is 29.3 Å². The Balaban J connectivity index is 2.28. The largest absolute Gasteiger partial charge is 0.479 e.